The van der Waals surface area contributed by atoms with Crippen LogP contribution < -0.4 is 5.32 Å². The first-order valence-electron chi connectivity index (χ1n) is 7.19. The third-order valence-corrected chi connectivity index (χ3v) is 4.80. The van der Waals surface area contributed by atoms with E-state index in [1.54, 1.807) is 17.5 Å². The first-order valence-corrected chi connectivity index (χ1v) is 8.13. The van der Waals surface area contributed by atoms with Crippen molar-refractivity contribution in [2.45, 2.75) is 18.9 Å². The van der Waals surface area contributed by atoms with Gasteiger partial charge in [0.1, 0.15) is 11.9 Å². The molecular weight excluding hydrogens is 320 g/mol. The minimum Gasteiger partial charge on any atom is -0.336 e. The maximum atomic E-state index is 12.9. The SMILES string of the molecule is CC(C(=O)N1CCNCC1c1nccn1C)c1ccsc1.Cl. The smallest absolute Gasteiger partial charge is 0.230 e. The average molecular weight is 341 g/mol. The van der Waals surface area contributed by atoms with Gasteiger partial charge >= 0.3 is 0 Å². The Hall–Kier alpha value is -1.37. The van der Waals surface area contributed by atoms with Crippen LogP contribution >= 0.6 is 23.7 Å². The van der Waals surface area contributed by atoms with Crippen LogP contribution in [0.25, 0.3) is 0 Å². The van der Waals surface area contributed by atoms with Gasteiger partial charge in [-0.1, -0.05) is 0 Å². The molecule has 2 aromatic rings. The Labute approximate surface area is 140 Å². The summed E-state index contributed by atoms with van der Waals surface area (Å²) in [5, 5.41) is 7.44. The number of hydrogen-bond acceptors (Lipinski definition) is 4. The van der Waals surface area contributed by atoms with Crippen molar-refractivity contribution < 1.29 is 4.79 Å². The van der Waals surface area contributed by atoms with Gasteiger partial charge < -0.3 is 14.8 Å². The maximum absolute atomic E-state index is 12.9. The molecule has 0 aromatic carbocycles. The molecule has 22 heavy (non-hydrogen) atoms. The summed E-state index contributed by atoms with van der Waals surface area (Å²) in [6.45, 7) is 4.31. The lowest BCUT2D eigenvalue weighted by atomic mass is 10.0. The number of carbonyl (C=O) groups is 1. The normalized spacial score (nSPS) is 19.5. The second kappa shape index (κ2) is 7.26. The number of nitrogens with zero attached hydrogens (tertiary/aromatic N) is 3. The van der Waals surface area contributed by atoms with Gasteiger partial charge in [0.05, 0.1) is 5.92 Å². The molecule has 1 fully saturated rings. The number of piperazine rings is 1. The van der Waals surface area contributed by atoms with E-state index in [1.165, 1.54) is 0 Å². The van der Waals surface area contributed by atoms with Crippen LogP contribution in [0.1, 0.15) is 30.3 Å². The van der Waals surface area contributed by atoms with E-state index in [4.69, 9.17) is 0 Å². The number of rotatable bonds is 3. The molecule has 1 aliphatic heterocycles. The predicted octanol–water partition coefficient (Wildman–Crippen LogP) is 2.18. The summed E-state index contributed by atoms with van der Waals surface area (Å²) in [6, 6.07) is 2.04. The summed E-state index contributed by atoms with van der Waals surface area (Å²) in [4.78, 5) is 19.3. The van der Waals surface area contributed by atoms with Crippen molar-refractivity contribution in [2.75, 3.05) is 19.6 Å². The number of imidazole rings is 1. The summed E-state index contributed by atoms with van der Waals surface area (Å²) >= 11 is 1.63. The van der Waals surface area contributed by atoms with Crippen LogP contribution in [0.3, 0.4) is 0 Å². The summed E-state index contributed by atoms with van der Waals surface area (Å²) in [5.74, 6) is 1.02. The van der Waals surface area contributed by atoms with Crippen molar-refractivity contribution in [1.29, 1.82) is 0 Å². The zero-order chi connectivity index (χ0) is 14.8. The number of nitrogens with one attached hydrogen (secondary N) is 1. The highest BCUT2D eigenvalue weighted by atomic mass is 35.5. The van der Waals surface area contributed by atoms with Crippen molar-refractivity contribution in [3.05, 3.63) is 40.6 Å². The van der Waals surface area contributed by atoms with E-state index in [9.17, 15) is 4.79 Å². The number of amides is 1. The average Bonchev–Trinajstić information content (AvgIpc) is 3.17. The lowest BCUT2D eigenvalue weighted by Gasteiger charge is -2.37. The van der Waals surface area contributed by atoms with Crippen LogP contribution in [0.15, 0.2) is 29.2 Å². The number of aromatic nitrogens is 2. The molecule has 2 atom stereocenters. The lowest BCUT2D eigenvalue weighted by molar-refractivity contribution is -0.136. The molecular formula is C15H21ClN4OS. The molecule has 1 amide bonds. The molecule has 1 saturated heterocycles. The number of hydrogen-bond donors (Lipinski definition) is 1. The molecule has 1 aliphatic rings. The zero-order valence-corrected chi connectivity index (χ0v) is 14.4. The summed E-state index contributed by atoms with van der Waals surface area (Å²) in [7, 11) is 1.97. The van der Waals surface area contributed by atoms with Crippen LogP contribution in [0.4, 0.5) is 0 Å². The van der Waals surface area contributed by atoms with Crippen LogP contribution in [-0.2, 0) is 11.8 Å². The topological polar surface area (TPSA) is 50.2 Å². The number of aryl methyl sites for hydroxylation is 1. The lowest BCUT2D eigenvalue weighted by Crippen LogP contribution is -2.50. The molecule has 2 aromatic heterocycles. The predicted molar refractivity (Wildman–Crippen MR) is 90.5 cm³/mol. The van der Waals surface area contributed by atoms with Crippen molar-refractivity contribution in [1.82, 2.24) is 19.8 Å². The molecule has 1 N–H and O–H groups in total. The molecule has 3 rings (SSSR count). The monoisotopic (exact) mass is 340 g/mol. The van der Waals surface area contributed by atoms with E-state index >= 15 is 0 Å². The molecule has 3 heterocycles. The molecule has 0 radical (unpaired) electrons. The van der Waals surface area contributed by atoms with Crippen LogP contribution in [0, 0.1) is 0 Å². The highest BCUT2D eigenvalue weighted by Gasteiger charge is 2.33. The van der Waals surface area contributed by atoms with Gasteiger partial charge in [0.15, 0.2) is 0 Å². The Kier molecular flexibility index (Phi) is 5.61. The Morgan fingerprint density at radius 1 is 1.55 bits per heavy atom. The van der Waals surface area contributed by atoms with Crippen molar-refractivity contribution in [3.63, 3.8) is 0 Å². The maximum Gasteiger partial charge on any atom is 0.230 e. The van der Waals surface area contributed by atoms with Crippen LogP contribution in [-0.4, -0.2) is 40.0 Å². The highest BCUT2D eigenvalue weighted by molar-refractivity contribution is 7.08. The van der Waals surface area contributed by atoms with E-state index in [0.29, 0.717) is 0 Å². The standard InChI is InChI=1S/C15H20N4OS.ClH/c1-11(12-3-8-21-10-12)15(20)19-7-4-16-9-13(19)14-17-5-6-18(14)2;/h3,5-6,8,10-11,13,16H,4,7,9H2,1-2H3;1H. The van der Waals surface area contributed by atoms with Gasteiger partial charge in [-0.05, 0) is 29.3 Å². The third-order valence-electron chi connectivity index (χ3n) is 4.10. The Morgan fingerprint density at radius 2 is 2.36 bits per heavy atom. The highest BCUT2D eigenvalue weighted by Crippen LogP contribution is 2.27. The second-order valence-corrected chi connectivity index (χ2v) is 6.21. The summed E-state index contributed by atoms with van der Waals surface area (Å²) in [6.07, 6.45) is 3.71. The number of thiophene rings is 1. The van der Waals surface area contributed by atoms with Crippen molar-refractivity contribution in [2.24, 2.45) is 7.05 Å². The zero-order valence-electron chi connectivity index (χ0n) is 12.7. The summed E-state index contributed by atoms with van der Waals surface area (Å²) < 4.78 is 1.99. The van der Waals surface area contributed by atoms with Gasteiger partial charge in [-0.2, -0.15) is 11.3 Å². The molecule has 0 aliphatic carbocycles. The van der Waals surface area contributed by atoms with Crippen LogP contribution in [0.5, 0.6) is 0 Å². The molecule has 2 unspecified atom stereocenters. The van der Waals surface area contributed by atoms with E-state index in [1.807, 2.05) is 41.1 Å². The third kappa shape index (κ3) is 3.19. The van der Waals surface area contributed by atoms with Crippen molar-refractivity contribution in [3.8, 4) is 0 Å². The van der Waals surface area contributed by atoms with Gasteiger partial charge in [-0.3, -0.25) is 4.79 Å². The molecule has 0 spiro atoms. The van der Waals surface area contributed by atoms with Crippen LogP contribution in [0.2, 0.25) is 0 Å². The Balaban J connectivity index is 0.00000176. The Morgan fingerprint density at radius 3 is 3.00 bits per heavy atom. The van der Waals surface area contributed by atoms with E-state index in [-0.39, 0.29) is 30.3 Å². The van der Waals surface area contributed by atoms with Gasteiger partial charge in [-0.15, -0.1) is 12.4 Å². The quantitative estimate of drug-likeness (QED) is 0.931. The fourth-order valence-electron chi connectivity index (χ4n) is 2.81. The minimum atomic E-state index is -0.0999. The van der Waals surface area contributed by atoms with Gasteiger partial charge in [0.2, 0.25) is 5.91 Å². The Bertz CT molecular complexity index is 613. The fourth-order valence-corrected chi connectivity index (χ4v) is 3.56. The number of carbonyl (C=O) groups excluding carboxylic acids is 1. The first-order chi connectivity index (χ1) is 10.2. The van der Waals surface area contributed by atoms with Crippen molar-refractivity contribution >= 4 is 29.7 Å². The van der Waals surface area contributed by atoms with E-state index < -0.39 is 0 Å². The van der Waals surface area contributed by atoms with Gasteiger partial charge in [0.25, 0.3) is 0 Å². The molecule has 0 saturated carbocycles. The minimum absolute atomic E-state index is 0. The largest absolute Gasteiger partial charge is 0.336 e. The molecule has 7 heteroatoms. The molecule has 120 valence electrons. The fraction of sp³-hybridized carbons (Fsp3) is 0.467. The molecule has 0 bridgehead atoms. The number of halogens is 1. The second-order valence-electron chi connectivity index (χ2n) is 5.43. The van der Waals surface area contributed by atoms with E-state index in [0.717, 1.165) is 31.0 Å². The molecule has 5 nitrogen and oxygen atoms in total. The van der Waals surface area contributed by atoms with Gasteiger partial charge in [0, 0.05) is 39.1 Å². The first kappa shape index (κ1) is 17.0. The summed E-state index contributed by atoms with van der Waals surface area (Å²) in [5.41, 5.74) is 1.10. The van der Waals surface area contributed by atoms with E-state index in [2.05, 4.69) is 15.7 Å². The van der Waals surface area contributed by atoms with Gasteiger partial charge in [-0.25, -0.2) is 4.98 Å².